The lowest BCUT2D eigenvalue weighted by atomic mass is 9.79. The first-order valence-electron chi connectivity index (χ1n) is 10.00. The fraction of sp³-hybridized carbons (Fsp3) is 0.435. The van der Waals surface area contributed by atoms with E-state index >= 15 is 0 Å². The van der Waals surface area contributed by atoms with Crippen LogP contribution in [0.2, 0.25) is 8.67 Å². The van der Waals surface area contributed by atoms with Crippen molar-refractivity contribution in [2.75, 3.05) is 0 Å². The van der Waals surface area contributed by atoms with Gasteiger partial charge in [-0.05, 0) is 72.8 Å². The zero-order valence-corrected chi connectivity index (χ0v) is 18.3. The number of halogens is 2. The van der Waals surface area contributed by atoms with E-state index in [9.17, 15) is 9.90 Å². The first-order valence-corrected chi connectivity index (χ1v) is 11.6. The third kappa shape index (κ3) is 3.90. The molecule has 1 fully saturated rings. The molecule has 0 unspecified atom stereocenters. The Morgan fingerprint density at radius 2 is 1.71 bits per heavy atom. The predicted molar refractivity (Wildman–Crippen MR) is 118 cm³/mol. The van der Waals surface area contributed by atoms with E-state index in [1.807, 2.05) is 24.3 Å². The minimum absolute atomic E-state index is 0.0753. The van der Waals surface area contributed by atoms with E-state index in [1.54, 1.807) is 0 Å². The second-order valence-electron chi connectivity index (χ2n) is 8.00. The number of benzene rings is 1. The van der Waals surface area contributed by atoms with E-state index in [1.165, 1.54) is 11.3 Å². The normalized spacial score (nSPS) is 25.5. The van der Waals surface area contributed by atoms with Crippen LogP contribution in [-0.4, -0.2) is 10.9 Å². The molecule has 0 atom stereocenters. The van der Waals surface area contributed by atoms with Gasteiger partial charge in [-0.2, -0.15) is 0 Å². The number of rotatable bonds is 3. The van der Waals surface area contributed by atoms with E-state index < -0.39 is 0 Å². The summed E-state index contributed by atoms with van der Waals surface area (Å²) in [5.74, 6) is 1.27. The van der Waals surface area contributed by atoms with Gasteiger partial charge >= 0.3 is 0 Å². The maximum Gasteiger partial charge on any atom is 0.167 e. The van der Waals surface area contributed by atoms with Gasteiger partial charge in [0.05, 0.1) is 9.91 Å². The molecule has 0 spiro atoms. The molecule has 2 nitrogen and oxygen atoms in total. The van der Waals surface area contributed by atoms with Crippen LogP contribution in [0.3, 0.4) is 0 Å². The van der Waals surface area contributed by atoms with Gasteiger partial charge in [-0.1, -0.05) is 42.3 Å². The molecule has 0 aliphatic heterocycles. The van der Waals surface area contributed by atoms with Gasteiger partial charge in [0.2, 0.25) is 0 Å². The molecule has 148 valence electrons. The molecular weight excluding hydrogens is 411 g/mol. The Balaban J connectivity index is 1.84. The summed E-state index contributed by atoms with van der Waals surface area (Å²) < 4.78 is 1.27. The van der Waals surface area contributed by atoms with Crippen molar-refractivity contribution >= 4 is 45.9 Å². The molecule has 28 heavy (non-hydrogen) atoms. The Morgan fingerprint density at radius 1 is 1.04 bits per heavy atom. The number of thiophene rings is 1. The molecule has 1 aromatic carbocycles. The number of hydrogen-bond acceptors (Lipinski definition) is 3. The molecule has 3 aliphatic rings. The van der Waals surface area contributed by atoms with Crippen LogP contribution in [0.5, 0.6) is 0 Å². The van der Waals surface area contributed by atoms with Crippen LogP contribution in [-0.2, 0) is 11.2 Å². The molecule has 2 bridgehead atoms. The second-order valence-corrected chi connectivity index (χ2v) is 10.3. The fourth-order valence-electron chi connectivity index (χ4n) is 4.67. The van der Waals surface area contributed by atoms with Crippen LogP contribution in [0.4, 0.5) is 0 Å². The standard InChI is InChI=1S/C23H24Cl2O2S/c1-2-15-7-8-16(18-12-21(24)28-23(18)25)11-17(15)22-19(26)9-13-3-4-14(6-5-13)10-20(22)27/h7-8,11-14,26H,2-6,9-10H2,1H3/b22-19+. The Hall–Kier alpha value is -1.29. The van der Waals surface area contributed by atoms with E-state index in [0.717, 1.165) is 54.4 Å². The number of allylic oxidation sites excluding steroid dienone is 2. The Bertz CT molecular complexity index is 936. The molecule has 1 N–H and O–H groups in total. The maximum atomic E-state index is 13.2. The highest BCUT2D eigenvalue weighted by molar-refractivity contribution is 7.20. The third-order valence-corrected chi connectivity index (χ3v) is 7.71. The number of fused-ring (bicyclic) bond motifs is 5. The van der Waals surface area contributed by atoms with Gasteiger partial charge in [0.15, 0.2) is 5.78 Å². The van der Waals surface area contributed by atoms with Gasteiger partial charge in [0.25, 0.3) is 0 Å². The maximum absolute atomic E-state index is 13.2. The second kappa shape index (κ2) is 8.22. The van der Waals surface area contributed by atoms with Gasteiger partial charge in [-0.15, -0.1) is 11.3 Å². The number of ketones is 1. The lowest BCUT2D eigenvalue weighted by Crippen LogP contribution is -2.15. The quantitative estimate of drug-likeness (QED) is 0.536. The van der Waals surface area contributed by atoms with Crippen molar-refractivity contribution in [3.05, 3.63) is 49.8 Å². The highest BCUT2D eigenvalue weighted by Crippen LogP contribution is 2.42. The van der Waals surface area contributed by atoms with Crippen molar-refractivity contribution in [3.8, 4) is 11.1 Å². The molecule has 5 heteroatoms. The van der Waals surface area contributed by atoms with E-state index in [2.05, 4.69) is 6.92 Å². The summed E-state index contributed by atoms with van der Waals surface area (Å²) >= 11 is 13.8. The minimum Gasteiger partial charge on any atom is -0.512 e. The summed E-state index contributed by atoms with van der Waals surface area (Å²) in [6.45, 7) is 2.08. The van der Waals surface area contributed by atoms with Crippen molar-refractivity contribution in [1.29, 1.82) is 0 Å². The number of aliphatic hydroxyl groups is 1. The molecule has 2 aromatic rings. The molecule has 3 aliphatic carbocycles. The lowest BCUT2D eigenvalue weighted by Gasteiger charge is -2.26. The Labute approximate surface area is 180 Å². The third-order valence-electron chi connectivity index (χ3n) is 6.22. The van der Waals surface area contributed by atoms with E-state index in [-0.39, 0.29) is 11.5 Å². The van der Waals surface area contributed by atoms with Crippen molar-refractivity contribution in [3.63, 3.8) is 0 Å². The van der Waals surface area contributed by atoms with Crippen LogP contribution in [0.1, 0.15) is 56.6 Å². The van der Waals surface area contributed by atoms with Gasteiger partial charge in [0, 0.05) is 18.4 Å². The van der Waals surface area contributed by atoms with Crippen LogP contribution < -0.4 is 0 Å². The summed E-state index contributed by atoms with van der Waals surface area (Å²) in [5, 5.41) is 11.0. The number of hydrogen-bond donors (Lipinski definition) is 1. The highest BCUT2D eigenvalue weighted by Gasteiger charge is 2.31. The number of aliphatic hydroxyl groups excluding tert-OH is 1. The summed E-state index contributed by atoms with van der Waals surface area (Å²) in [6, 6.07) is 7.93. The smallest absolute Gasteiger partial charge is 0.167 e. The van der Waals surface area contributed by atoms with Crippen molar-refractivity contribution < 1.29 is 9.90 Å². The van der Waals surface area contributed by atoms with Crippen molar-refractivity contribution in [2.24, 2.45) is 11.8 Å². The average Bonchev–Trinajstić information content (AvgIpc) is 3.04. The SMILES string of the molecule is CCc1ccc(-c2cc(Cl)sc2Cl)cc1/C1=C(\O)CC2CCC(CC2)CC1=O. The highest BCUT2D eigenvalue weighted by atomic mass is 35.5. The number of carbonyl (C=O) groups excluding carboxylic acids is 1. The predicted octanol–water partition coefficient (Wildman–Crippen LogP) is 7.72. The summed E-state index contributed by atoms with van der Waals surface area (Å²) in [7, 11) is 0. The Morgan fingerprint density at radius 3 is 2.32 bits per heavy atom. The fourth-order valence-corrected chi connectivity index (χ4v) is 6.17. The topological polar surface area (TPSA) is 37.3 Å². The molecule has 0 radical (unpaired) electrons. The molecule has 0 amide bonds. The van der Waals surface area contributed by atoms with Gasteiger partial charge in [-0.25, -0.2) is 0 Å². The molecule has 0 saturated heterocycles. The zero-order chi connectivity index (χ0) is 19.8. The summed E-state index contributed by atoms with van der Waals surface area (Å²) in [4.78, 5) is 13.2. The van der Waals surface area contributed by atoms with Crippen LogP contribution in [0, 0.1) is 11.8 Å². The van der Waals surface area contributed by atoms with Gasteiger partial charge < -0.3 is 5.11 Å². The van der Waals surface area contributed by atoms with Gasteiger partial charge in [-0.3, -0.25) is 4.79 Å². The number of carbonyl (C=O) groups is 1. The van der Waals surface area contributed by atoms with Crippen LogP contribution in [0.25, 0.3) is 16.7 Å². The molecule has 1 aromatic heterocycles. The molecule has 1 saturated carbocycles. The number of aryl methyl sites for hydroxylation is 1. The molecule has 5 rings (SSSR count). The Kier molecular flexibility index (Phi) is 5.87. The summed E-state index contributed by atoms with van der Waals surface area (Å²) in [6.07, 6.45) is 6.35. The van der Waals surface area contributed by atoms with Crippen molar-refractivity contribution in [1.82, 2.24) is 0 Å². The van der Waals surface area contributed by atoms with E-state index in [0.29, 0.717) is 38.9 Å². The zero-order valence-electron chi connectivity index (χ0n) is 15.9. The van der Waals surface area contributed by atoms with Crippen LogP contribution in [0.15, 0.2) is 30.0 Å². The number of Topliss-reactive ketones (excluding diaryl/α,β-unsaturated/α-hetero) is 1. The minimum atomic E-state index is 0.0753. The summed E-state index contributed by atoms with van der Waals surface area (Å²) in [5.41, 5.74) is 4.24. The van der Waals surface area contributed by atoms with E-state index in [4.69, 9.17) is 23.2 Å². The van der Waals surface area contributed by atoms with Crippen LogP contribution >= 0.6 is 34.5 Å². The first kappa shape index (κ1) is 20.0. The largest absolute Gasteiger partial charge is 0.512 e. The van der Waals surface area contributed by atoms with Gasteiger partial charge in [0.1, 0.15) is 10.1 Å². The molecule has 1 heterocycles. The monoisotopic (exact) mass is 434 g/mol. The lowest BCUT2D eigenvalue weighted by molar-refractivity contribution is -0.114. The average molecular weight is 435 g/mol. The molecular formula is C23H24Cl2O2S. The first-order chi connectivity index (χ1) is 13.5. The van der Waals surface area contributed by atoms with Crippen molar-refractivity contribution in [2.45, 2.75) is 51.9 Å².